The summed E-state index contributed by atoms with van der Waals surface area (Å²) in [6, 6.07) is 1.76. The highest BCUT2D eigenvalue weighted by atomic mass is 79.9. The number of imidazole rings is 1. The van der Waals surface area contributed by atoms with Gasteiger partial charge < -0.3 is 4.74 Å². The van der Waals surface area contributed by atoms with E-state index in [4.69, 9.17) is 4.74 Å². The Labute approximate surface area is 88.6 Å². The van der Waals surface area contributed by atoms with Crippen LogP contribution >= 0.6 is 15.9 Å². The third kappa shape index (κ3) is 1.29. The van der Waals surface area contributed by atoms with E-state index in [9.17, 15) is 4.79 Å². The predicted molar refractivity (Wildman–Crippen MR) is 54.8 cm³/mol. The van der Waals surface area contributed by atoms with Crippen molar-refractivity contribution in [3.05, 3.63) is 28.6 Å². The van der Waals surface area contributed by atoms with Gasteiger partial charge in [0.1, 0.15) is 17.1 Å². The first-order valence-corrected chi connectivity index (χ1v) is 4.71. The maximum absolute atomic E-state index is 10.6. The molecule has 2 heterocycles. The van der Waals surface area contributed by atoms with Crippen molar-refractivity contribution in [1.82, 2.24) is 9.38 Å². The summed E-state index contributed by atoms with van der Waals surface area (Å²) in [7, 11) is 1.58. The first-order chi connectivity index (χ1) is 6.76. The van der Waals surface area contributed by atoms with E-state index in [0.29, 0.717) is 17.1 Å². The summed E-state index contributed by atoms with van der Waals surface area (Å²) in [4.78, 5) is 14.7. The third-order valence-electron chi connectivity index (χ3n) is 1.93. The Balaban J connectivity index is 2.75. The van der Waals surface area contributed by atoms with E-state index in [0.717, 1.165) is 10.8 Å². The number of carbonyl (C=O) groups is 1. The third-order valence-corrected chi connectivity index (χ3v) is 2.53. The van der Waals surface area contributed by atoms with E-state index < -0.39 is 0 Å². The number of hydrogen-bond acceptors (Lipinski definition) is 3. The van der Waals surface area contributed by atoms with Gasteiger partial charge in [0.25, 0.3) is 0 Å². The predicted octanol–water partition coefficient (Wildman–Crippen LogP) is 1.92. The lowest BCUT2D eigenvalue weighted by Gasteiger charge is -2.03. The molecular formula is C9H7BrN2O2. The van der Waals surface area contributed by atoms with Crippen LogP contribution in [0.1, 0.15) is 10.5 Å². The van der Waals surface area contributed by atoms with Crippen LogP contribution in [0.4, 0.5) is 0 Å². The highest BCUT2D eigenvalue weighted by Gasteiger charge is 2.06. The number of nitrogens with zero attached hydrogens (tertiary/aromatic N) is 2. The summed E-state index contributed by atoms with van der Waals surface area (Å²) in [5.74, 6) is 0.695. The Morgan fingerprint density at radius 2 is 2.43 bits per heavy atom. The van der Waals surface area contributed by atoms with Crippen molar-refractivity contribution < 1.29 is 9.53 Å². The first kappa shape index (κ1) is 9.21. The Morgan fingerprint density at radius 1 is 1.64 bits per heavy atom. The Morgan fingerprint density at radius 3 is 3.07 bits per heavy atom. The number of carbonyl (C=O) groups excluding carboxylic acids is 1. The van der Waals surface area contributed by atoms with Crippen LogP contribution in [0.25, 0.3) is 5.65 Å². The molecule has 0 unspecified atom stereocenters. The number of rotatable bonds is 2. The fourth-order valence-electron chi connectivity index (χ4n) is 1.24. The van der Waals surface area contributed by atoms with Crippen LogP contribution in [-0.2, 0) is 0 Å². The van der Waals surface area contributed by atoms with Gasteiger partial charge in [0.05, 0.1) is 17.8 Å². The molecule has 0 aliphatic carbocycles. The molecule has 0 saturated carbocycles. The number of halogens is 1. The first-order valence-electron chi connectivity index (χ1n) is 3.92. The van der Waals surface area contributed by atoms with Crippen molar-refractivity contribution in [2.45, 2.75) is 0 Å². The monoisotopic (exact) mass is 254 g/mol. The maximum Gasteiger partial charge on any atom is 0.168 e. The summed E-state index contributed by atoms with van der Waals surface area (Å²) in [6.07, 6.45) is 4.04. The van der Waals surface area contributed by atoms with E-state index >= 15 is 0 Å². The van der Waals surface area contributed by atoms with Crippen molar-refractivity contribution >= 4 is 27.9 Å². The van der Waals surface area contributed by atoms with Crippen LogP contribution < -0.4 is 4.74 Å². The molecule has 0 spiro atoms. The fourth-order valence-corrected chi connectivity index (χ4v) is 1.72. The Bertz CT molecular complexity index is 493. The average Bonchev–Trinajstić information content (AvgIpc) is 2.58. The second-order valence-electron chi connectivity index (χ2n) is 2.72. The second-order valence-corrected chi connectivity index (χ2v) is 3.57. The van der Waals surface area contributed by atoms with Gasteiger partial charge in [-0.3, -0.25) is 9.20 Å². The molecule has 2 rings (SSSR count). The molecule has 72 valence electrons. The quantitative estimate of drug-likeness (QED) is 0.770. The van der Waals surface area contributed by atoms with Crippen LogP contribution in [0.3, 0.4) is 0 Å². The molecule has 0 aromatic carbocycles. The highest BCUT2D eigenvalue weighted by molar-refractivity contribution is 9.10. The normalized spacial score (nSPS) is 10.4. The lowest BCUT2D eigenvalue weighted by Crippen LogP contribution is -1.93. The molecule has 2 aromatic rings. The van der Waals surface area contributed by atoms with Crippen molar-refractivity contribution in [1.29, 1.82) is 0 Å². The molecule has 5 heteroatoms. The van der Waals surface area contributed by atoms with E-state index in [2.05, 4.69) is 20.9 Å². The summed E-state index contributed by atoms with van der Waals surface area (Å²) in [5.41, 5.74) is 1.20. The minimum Gasteiger partial charge on any atom is -0.495 e. The highest BCUT2D eigenvalue weighted by Crippen LogP contribution is 2.25. The standard InChI is InChI=1S/C9H7BrN2O2/c1-14-8-2-9-11-3-6(5-13)12(9)4-7(8)10/h2-5H,1H3. The molecule has 0 radical (unpaired) electrons. The van der Waals surface area contributed by atoms with Gasteiger partial charge in [0, 0.05) is 12.3 Å². The molecule has 0 aliphatic rings. The minimum atomic E-state index is 0.517. The fraction of sp³-hybridized carbons (Fsp3) is 0.111. The molecule has 0 saturated heterocycles. The van der Waals surface area contributed by atoms with Crippen molar-refractivity contribution in [2.24, 2.45) is 0 Å². The molecule has 0 atom stereocenters. The number of aldehydes is 1. The van der Waals surface area contributed by atoms with Crippen molar-refractivity contribution in [2.75, 3.05) is 7.11 Å². The molecule has 0 N–H and O–H groups in total. The number of fused-ring (bicyclic) bond motifs is 1. The largest absolute Gasteiger partial charge is 0.495 e. The molecule has 0 amide bonds. The van der Waals surface area contributed by atoms with Crippen LogP contribution in [0.15, 0.2) is 22.9 Å². The van der Waals surface area contributed by atoms with E-state index in [1.165, 1.54) is 6.20 Å². The molecule has 0 fully saturated rings. The van der Waals surface area contributed by atoms with Gasteiger partial charge in [-0.1, -0.05) is 0 Å². The van der Waals surface area contributed by atoms with E-state index in [1.807, 2.05) is 0 Å². The number of pyridine rings is 1. The van der Waals surface area contributed by atoms with Gasteiger partial charge in [-0.15, -0.1) is 0 Å². The molecule has 4 nitrogen and oxygen atoms in total. The van der Waals surface area contributed by atoms with E-state index in [1.54, 1.807) is 23.8 Å². The van der Waals surface area contributed by atoms with Gasteiger partial charge in [-0.05, 0) is 15.9 Å². The summed E-state index contributed by atoms with van der Waals surface area (Å²) in [6.45, 7) is 0. The molecule has 0 aliphatic heterocycles. The van der Waals surface area contributed by atoms with Gasteiger partial charge in [-0.2, -0.15) is 0 Å². The number of hydrogen-bond donors (Lipinski definition) is 0. The van der Waals surface area contributed by atoms with Crippen molar-refractivity contribution in [3.63, 3.8) is 0 Å². The Hall–Kier alpha value is -1.36. The number of ether oxygens (including phenoxy) is 1. The van der Waals surface area contributed by atoms with Crippen LogP contribution in [0, 0.1) is 0 Å². The van der Waals surface area contributed by atoms with Crippen LogP contribution in [0.5, 0.6) is 5.75 Å². The summed E-state index contributed by atoms with van der Waals surface area (Å²) in [5, 5.41) is 0. The molecule has 14 heavy (non-hydrogen) atoms. The second kappa shape index (κ2) is 3.42. The zero-order valence-corrected chi connectivity index (χ0v) is 8.98. The van der Waals surface area contributed by atoms with Gasteiger partial charge in [-0.25, -0.2) is 4.98 Å². The maximum atomic E-state index is 10.6. The lowest BCUT2D eigenvalue weighted by molar-refractivity contribution is 0.111. The molecular weight excluding hydrogens is 248 g/mol. The molecule has 2 aromatic heterocycles. The zero-order chi connectivity index (χ0) is 10.1. The van der Waals surface area contributed by atoms with Crippen LogP contribution in [0.2, 0.25) is 0 Å². The van der Waals surface area contributed by atoms with Gasteiger partial charge >= 0.3 is 0 Å². The lowest BCUT2D eigenvalue weighted by atomic mass is 10.4. The summed E-state index contributed by atoms with van der Waals surface area (Å²) >= 11 is 3.34. The van der Waals surface area contributed by atoms with Gasteiger partial charge in [0.15, 0.2) is 6.29 Å². The smallest absolute Gasteiger partial charge is 0.168 e. The number of aromatic nitrogens is 2. The Kier molecular flexibility index (Phi) is 2.25. The summed E-state index contributed by atoms with van der Waals surface area (Å²) < 4.78 is 7.59. The van der Waals surface area contributed by atoms with Crippen LogP contribution in [-0.4, -0.2) is 22.8 Å². The minimum absolute atomic E-state index is 0.517. The van der Waals surface area contributed by atoms with E-state index in [-0.39, 0.29) is 0 Å². The zero-order valence-electron chi connectivity index (χ0n) is 7.40. The average molecular weight is 255 g/mol. The number of methoxy groups -OCH3 is 1. The SMILES string of the molecule is COc1cc2ncc(C=O)n2cc1Br. The van der Waals surface area contributed by atoms with Gasteiger partial charge in [0.2, 0.25) is 0 Å². The van der Waals surface area contributed by atoms with Crippen molar-refractivity contribution in [3.8, 4) is 5.75 Å². The molecule has 0 bridgehead atoms. The topological polar surface area (TPSA) is 43.6 Å².